The molecule has 1 saturated carbocycles. The number of hydrogen-bond acceptors (Lipinski definition) is 3. The van der Waals surface area contributed by atoms with Crippen molar-refractivity contribution in [2.24, 2.45) is 5.73 Å². The number of rotatable bonds is 4. The molecule has 0 spiro atoms. The van der Waals surface area contributed by atoms with Gasteiger partial charge in [0, 0.05) is 23.2 Å². The minimum atomic E-state index is -0.246. The molecule has 4 nitrogen and oxygen atoms in total. The molecule has 20 heavy (non-hydrogen) atoms. The van der Waals surface area contributed by atoms with Crippen LogP contribution in [0.4, 0.5) is 0 Å². The molecule has 1 aromatic carbocycles. The Morgan fingerprint density at radius 3 is 2.75 bits per heavy atom. The van der Waals surface area contributed by atoms with E-state index in [4.69, 9.17) is 22.7 Å². The Bertz CT molecular complexity index is 492. The number of nitrogens with one attached hydrogen (secondary N) is 1. The predicted molar refractivity (Wildman–Crippen MR) is 82.2 cm³/mol. The lowest BCUT2D eigenvalue weighted by Gasteiger charge is -2.35. The van der Waals surface area contributed by atoms with Gasteiger partial charge in [0.1, 0.15) is 5.84 Å². The first-order valence-electron chi connectivity index (χ1n) is 7.00. The van der Waals surface area contributed by atoms with E-state index >= 15 is 0 Å². The van der Waals surface area contributed by atoms with Crippen molar-refractivity contribution in [2.45, 2.75) is 44.4 Å². The van der Waals surface area contributed by atoms with Crippen LogP contribution < -0.4 is 5.73 Å². The van der Waals surface area contributed by atoms with E-state index in [0.29, 0.717) is 17.1 Å². The van der Waals surface area contributed by atoms with Crippen molar-refractivity contribution in [3.63, 3.8) is 0 Å². The molecule has 1 aliphatic rings. The van der Waals surface area contributed by atoms with Crippen LogP contribution in [-0.2, 0) is 6.54 Å². The molecule has 1 aromatic rings. The fourth-order valence-corrected chi connectivity index (χ4v) is 3.08. The summed E-state index contributed by atoms with van der Waals surface area (Å²) in [5.74, 6) is 0.0227. The van der Waals surface area contributed by atoms with Gasteiger partial charge in [-0.1, -0.05) is 36.6 Å². The lowest BCUT2D eigenvalue weighted by atomic mass is 9.91. The van der Waals surface area contributed by atoms with Gasteiger partial charge in [0.15, 0.2) is 0 Å². The standard InChI is InChI=1S/C15H22ClN3O/c1-19(13-4-2-3-5-14(13)20)9-11-7-6-10(15(17)18)8-12(11)16/h6-8,13-14,20H,2-5,9H2,1H3,(H3,17,18). The second-order valence-corrected chi connectivity index (χ2v) is 5.96. The molecule has 2 atom stereocenters. The summed E-state index contributed by atoms with van der Waals surface area (Å²) in [5, 5.41) is 18.1. The number of nitrogen functional groups attached to an aromatic ring is 1. The highest BCUT2D eigenvalue weighted by Crippen LogP contribution is 2.25. The molecule has 2 unspecified atom stereocenters. The van der Waals surface area contributed by atoms with Gasteiger partial charge in [0.25, 0.3) is 0 Å². The molecule has 0 saturated heterocycles. The Morgan fingerprint density at radius 1 is 1.45 bits per heavy atom. The van der Waals surface area contributed by atoms with Gasteiger partial charge < -0.3 is 10.8 Å². The Labute approximate surface area is 125 Å². The van der Waals surface area contributed by atoms with Crippen LogP contribution in [-0.4, -0.2) is 35.0 Å². The van der Waals surface area contributed by atoms with E-state index in [0.717, 1.165) is 24.8 Å². The second kappa shape index (κ2) is 6.57. The van der Waals surface area contributed by atoms with Crippen molar-refractivity contribution < 1.29 is 5.11 Å². The van der Waals surface area contributed by atoms with Crippen LogP contribution >= 0.6 is 11.6 Å². The summed E-state index contributed by atoms with van der Waals surface area (Å²) in [6.45, 7) is 0.693. The summed E-state index contributed by atoms with van der Waals surface area (Å²) in [6.07, 6.45) is 3.94. The molecule has 110 valence electrons. The van der Waals surface area contributed by atoms with Gasteiger partial charge in [-0.2, -0.15) is 0 Å². The van der Waals surface area contributed by atoms with Crippen LogP contribution in [0.5, 0.6) is 0 Å². The van der Waals surface area contributed by atoms with Crippen LogP contribution in [0, 0.1) is 5.41 Å². The van der Waals surface area contributed by atoms with E-state index in [1.54, 1.807) is 6.07 Å². The van der Waals surface area contributed by atoms with E-state index < -0.39 is 0 Å². The highest BCUT2D eigenvalue weighted by molar-refractivity contribution is 6.31. The number of aliphatic hydroxyl groups is 1. The topological polar surface area (TPSA) is 73.3 Å². The summed E-state index contributed by atoms with van der Waals surface area (Å²) >= 11 is 6.25. The van der Waals surface area contributed by atoms with Gasteiger partial charge in [-0.05, 0) is 31.5 Å². The van der Waals surface area contributed by atoms with Crippen LogP contribution in [0.1, 0.15) is 36.8 Å². The number of aliphatic hydroxyl groups excluding tert-OH is 1. The van der Waals surface area contributed by atoms with E-state index in [9.17, 15) is 5.11 Å². The molecule has 2 rings (SSSR count). The van der Waals surface area contributed by atoms with Crippen molar-refractivity contribution in [3.8, 4) is 0 Å². The van der Waals surface area contributed by atoms with Gasteiger partial charge in [-0.25, -0.2) is 0 Å². The van der Waals surface area contributed by atoms with Gasteiger partial charge in [-0.3, -0.25) is 10.3 Å². The van der Waals surface area contributed by atoms with Crippen LogP contribution in [0.15, 0.2) is 18.2 Å². The second-order valence-electron chi connectivity index (χ2n) is 5.55. The first-order valence-corrected chi connectivity index (χ1v) is 7.38. The number of hydrogen-bond donors (Lipinski definition) is 3. The molecule has 0 aromatic heterocycles. The third-order valence-corrected chi connectivity index (χ3v) is 4.40. The molecule has 0 radical (unpaired) electrons. The minimum absolute atomic E-state index is 0.0227. The quantitative estimate of drug-likeness (QED) is 0.590. The molecular weight excluding hydrogens is 274 g/mol. The zero-order chi connectivity index (χ0) is 14.7. The number of nitrogens with two attached hydrogens (primary N) is 1. The zero-order valence-corrected chi connectivity index (χ0v) is 12.5. The number of halogens is 1. The predicted octanol–water partition coefficient (Wildman–Crippen LogP) is 2.36. The molecule has 0 bridgehead atoms. The molecule has 1 fully saturated rings. The van der Waals surface area contributed by atoms with Crippen molar-refractivity contribution in [3.05, 3.63) is 34.3 Å². The fraction of sp³-hybridized carbons (Fsp3) is 0.533. The summed E-state index contributed by atoms with van der Waals surface area (Å²) in [5.41, 5.74) is 7.09. The van der Waals surface area contributed by atoms with Gasteiger partial charge in [-0.15, -0.1) is 0 Å². The molecule has 5 heteroatoms. The number of amidine groups is 1. The minimum Gasteiger partial charge on any atom is -0.391 e. The largest absolute Gasteiger partial charge is 0.391 e. The molecule has 4 N–H and O–H groups in total. The Hall–Kier alpha value is -1.10. The van der Waals surface area contributed by atoms with Crippen molar-refractivity contribution in [1.29, 1.82) is 5.41 Å². The van der Waals surface area contributed by atoms with Gasteiger partial charge in [0.2, 0.25) is 0 Å². The van der Waals surface area contributed by atoms with Crippen molar-refractivity contribution in [1.82, 2.24) is 4.90 Å². The lowest BCUT2D eigenvalue weighted by molar-refractivity contribution is 0.0288. The highest BCUT2D eigenvalue weighted by atomic mass is 35.5. The Kier molecular flexibility index (Phi) is 5.02. The molecule has 0 heterocycles. The molecule has 1 aliphatic carbocycles. The summed E-state index contributed by atoms with van der Waals surface area (Å²) in [7, 11) is 2.02. The van der Waals surface area contributed by atoms with Gasteiger partial charge >= 0.3 is 0 Å². The maximum atomic E-state index is 10.1. The first-order chi connectivity index (χ1) is 9.49. The van der Waals surface area contributed by atoms with Crippen LogP contribution in [0.2, 0.25) is 5.02 Å². The third-order valence-electron chi connectivity index (χ3n) is 4.04. The number of nitrogens with zero attached hydrogens (tertiary/aromatic N) is 1. The average molecular weight is 296 g/mol. The molecule has 0 aliphatic heterocycles. The summed E-state index contributed by atoms with van der Waals surface area (Å²) in [6, 6.07) is 5.65. The highest BCUT2D eigenvalue weighted by Gasteiger charge is 2.26. The van der Waals surface area contributed by atoms with Gasteiger partial charge in [0.05, 0.1) is 6.10 Å². The smallest absolute Gasteiger partial charge is 0.122 e. The Balaban J connectivity index is 2.07. The maximum absolute atomic E-state index is 10.1. The molecule has 0 amide bonds. The SMILES string of the molecule is CN(Cc1ccc(C(=N)N)cc1Cl)C1CCCCC1O. The third kappa shape index (κ3) is 3.51. The van der Waals surface area contributed by atoms with E-state index in [2.05, 4.69) is 4.90 Å². The summed E-state index contributed by atoms with van der Waals surface area (Å²) < 4.78 is 0. The molecular formula is C15H22ClN3O. The van der Waals surface area contributed by atoms with E-state index in [-0.39, 0.29) is 18.0 Å². The summed E-state index contributed by atoms with van der Waals surface area (Å²) in [4.78, 5) is 2.17. The lowest BCUT2D eigenvalue weighted by Crippen LogP contribution is -2.42. The number of likely N-dealkylation sites (N-methyl/N-ethyl adjacent to an activating group) is 1. The number of benzene rings is 1. The van der Waals surface area contributed by atoms with Crippen LogP contribution in [0.25, 0.3) is 0 Å². The normalized spacial score (nSPS) is 23.0. The van der Waals surface area contributed by atoms with E-state index in [1.807, 2.05) is 19.2 Å². The monoisotopic (exact) mass is 295 g/mol. The zero-order valence-electron chi connectivity index (χ0n) is 11.8. The fourth-order valence-electron chi connectivity index (χ4n) is 2.83. The van der Waals surface area contributed by atoms with Crippen molar-refractivity contribution >= 4 is 17.4 Å². The first kappa shape index (κ1) is 15.3. The Morgan fingerprint density at radius 2 is 2.15 bits per heavy atom. The average Bonchev–Trinajstić information content (AvgIpc) is 2.41. The van der Waals surface area contributed by atoms with Crippen LogP contribution in [0.3, 0.4) is 0 Å². The van der Waals surface area contributed by atoms with Crippen molar-refractivity contribution in [2.75, 3.05) is 7.05 Å². The maximum Gasteiger partial charge on any atom is 0.122 e. The van der Waals surface area contributed by atoms with E-state index in [1.165, 1.54) is 6.42 Å².